The van der Waals surface area contributed by atoms with Gasteiger partial charge in [-0.3, -0.25) is 0 Å². The van der Waals surface area contributed by atoms with E-state index in [0.717, 1.165) is 6.07 Å². The summed E-state index contributed by atoms with van der Waals surface area (Å²) in [5.41, 5.74) is 0.584. The van der Waals surface area contributed by atoms with Crippen molar-refractivity contribution in [1.82, 2.24) is 4.72 Å². The van der Waals surface area contributed by atoms with Crippen molar-refractivity contribution in [3.05, 3.63) is 66.0 Å². The Hall–Kier alpha value is -1.76. The topological polar surface area (TPSA) is 66.4 Å². The van der Waals surface area contributed by atoms with Crippen LogP contribution in [0.4, 0.5) is 4.39 Å². The Kier molecular flexibility index (Phi) is 4.72. The molecule has 112 valence electrons. The van der Waals surface area contributed by atoms with Crippen molar-refractivity contribution < 1.29 is 17.9 Å². The smallest absolute Gasteiger partial charge is 0.243 e. The summed E-state index contributed by atoms with van der Waals surface area (Å²) in [4.78, 5) is -0.433. The van der Waals surface area contributed by atoms with Crippen LogP contribution >= 0.6 is 0 Å². The fourth-order valence-corrected chi connectivity index (χ4v) is 3.30. The van der Waals surface area contributed by atoms with Gasteiger partial charge in [-0.25, -0.2) is 17.5 Å². The second-order valence-electron chi connectivity index (χ2n) is 4.70. The van der Waals surface area contributed by atoms with Crippen molar-refractivity contribution in [3.8, 4) is 0 Å². The first-order valence-electron chi connectivity index (χ1n) is 6.41. The van der Waals surface area contributed by atoms with Crippen molar-refractivity contribution >= 4 is 10.0 Å². The summed E-state index contributed by atoms with van der Waals surface area (Å²) >= 11 is 0. The lowest BCUT2D eigenvalue weighted by Crippen LogP contribution is -2.37. The molecule has 0 spiro atoms. The Morgan fingerprint density at radius 1 is 1.05 bits per heavy atom. The van der Waals surface area contributed by atoms with Crippen molar-refractivity contribution in [2.45, 2.75) is 24.0 Å². The van der Waals surface area contributed by atoms with Crippen LogP contribution in [0, 0.1) is 5.82 Å². The molecule has 6 heteroatoms. The molecule has 2 aromatic rings. The van der Waals surface area contributed by atoms with Gasteiger partial charge in [0.1, 0.15) is 10.7 Å². The predicted molar refractivity (Wildman–Crippen MR) is 77.6 cm³/mol. The van der Waals surface area contributed by atoms with Crippen LogP contribution in [0.2, 0.25) is 0 Å². The van der Waals surface area contributed by atoms with Gasteiger partial charge >= 0.3 is 0 Å². The summed E-state index contributed by atoms with van der Waals surface area (Å²) in [6.07, 6.45) is -1.02. The van der Waals surface area contributed by atoms with Crippen molar-refractivity contribution in [3.63, 3.8) is 0 Å². The van der Waals surface area contributed by atoms with E-state index in [4.69, 9.17) is 0 Å². The van der Waals surface area contributed by atoms with E-state index in [9.17, 15) is 17.9 Å². The zero-order valence-electron chi connectivity index (χ0n) is 11.4. The van der Waals surface area contributed by atoms with E-state index >= 15 is 0 Å². The molecule has 2 atom stereocenters. The van der Waals surface area contributed by atoms with E-state index in [1.165, 1.54) is 25.1 Å². The lowest BCUT2D eigenvalue weighted by Gasteiger charge is -2.20. The normalized spacial score (nSPS) is 14.6. The Morgan fingerprint density at radius 2 is 1.62 bits per heavy atom. The van der Waals surface area contributed by atoms with E-state index < -0.39 is 32.9 Å². The molecule has 2 aromatic carbocycles. The van der Waals surface area contributed by atoms with Gasteiger partial charge in [-0.15, -0.1) is 0 Å². The minimum atomic E-state index is -4.03. The molecule has 0 saturated heterocycles. The first-order valence-corrected chi connectivity index (χ1v) is 7.90. The van der Waals surface area contributed by atoms with Gasteiger partial charge in [0.25, 0.3) is 0 Å². The highest BCUT2D eigenvalue weighted by Gasteiger charge is 2.25. The van der Waals surface area contributed by atoms with Gasteiger partial charge in [0.15, 0.2) is 0 Å². The van der Waals surface area contributed by atoms with Crippen LogP contribution in [-0.4, -0.2) is 19.6 Å². The first kappa shape index (κ1) is 15.6. The van der Waals surface area contributed by atoms with Crippen LogP contribution in [0.3, 0.4) is 0 Å². The SMILES string of the molecule is C[C@@H](NS(=O)(=O)c1ccccc1F)[C@H](O)c1ccccc1. The van der Waals surface area contributed by atoms with Crippen molar-refractivity contribution in [2.75, 3.05) is 0 Å². The zero-order chi connectivity index (χ0) is 15.5. The van der Waals surface area contributed by atoms with Crippen molar-refractivity contribution in [1.29, 1.82) is 0 Å². The molecule has 0 aliphatic rings. The Morgan fingerprint density at radius 3 is 2.24 bits per heavy atom. The number of sulfonamides is 1. The fourth-order valence-electron chi connectivity index (χ4n) is 1.97. The molecule has 2 rings (SSSR count). The second-order valence-corrected chi connectivity index (χ2v) is 6.38. The van der Waals surface area contributed by atoms with Crippen LogP contribution < -0.4 is 4.72 Å². The predicted octanol–water partition coefficient (Wildman–Crippen LogP) is 2.23. The summed E-state index contributed by atoms with van der Waals surface area (Å²) in [6.45, 7) is 1.52. The largest absolute Gasteiger partial charge is 0.387 e. The molecule has 2 N–H and O–H groups in total. The molecule has 0 aromatic heterocycles. The average Bonchev–Trinajstić information content (AvgIpc) is 2.47. The number of benzene rings is 2. The van der Waals surface area contributed by atoms with Gasteiger partial charge in [-0.1, -0.05) is 42.5 Å². The number of nitrogens with one attached hydrogen (secondary N) is 1. The molecule has 0 bridgehead atoms. The molecule has 0 amide bonds. The number of halogens is 1. The van der Waals surface area contributed by atoms with Gasteiger partial charge in [-0.05, 0) is 24.6 Å². The summed E-state index contributed by atoms with van der Waals surface area (Å²) in [7, 11) is -4.03. The molecule has 4 nitrogen and oxygen atoms in total. The maximum atomic E-state index is 13.6. The number of rotatable bonds is 5. The van der Waals surface area contributed by atoms with Gasteiger partial charge in [0.2, 0.25) is 10.0 Å². The molecule has 0 radical (unpaired) electrons. The Labute approximate surface area is 123 Å². The summed E-state index contributed by atoms with van der Waals surface area (Å²) in [5.74, 6) is -0.827. The standard InChI is InChI=1S/C15H16FNO3S/c1-11(15(18)12-7-3-2-4-8-12)17-21(19,20)14-10-6-5-9-13(14)16/h2-11,15,17-18H,1H3/t11-,15+/m1/s1. The summed E-state index contributed by atoms with van der Waals surface area (Å²) < 4.78 is 40.1. The van der Waals surface area contributed by atoms with Crippen LogP contribution in [0.15, 0.2) is 59.5 Å². The summed E-state index contributed by atoms with van der Waals surface area (Å²) in [5, 5.41) is 10.1. The zero-order valence-corrected chi connectivity index (χ0v) is 12.2. The van der Waals surface area contributed by atoms with E-state index in [1.54, 1.807) is 30.3 Å². The maximum Gasteiger partial charge on any atom is 0.243 e. The molecule has 0 unspecified atom stereocenters. The highest BCUT2D eigenvalue weighted by molar-refractivity contribution is 7.89. The first-order chi connectivity index (χ1) is 9.92. The maximum absolute atomic E-state index is 13.6. The van der Waals surface area contributed by atoms with Gasteiger partial charge in [0, 0.05) is 6.04 Å². The van der Waals surface area contributed by atoms with E-state index in [2.05, 4.69) is 4.72 Å². The highest BCUT2D eigenvalue weighted by Crippen LogP contribution is 2.19. The lowest BCUT2D eigenvalue weighted by molar-refractivity contribution is 0.146. The molecule has 0 heterocycles. The Balaban J connectivity index is 2.19. The highest BCUT2D eigenvalue weighted by atomic mass is 32.2. The third kappa shape index (κ3) is 3.66. The molecular formula is C15H16FNO3S. The molecule has 21 heavy (non-hydrogen) atoms. The fraction of sp³-hybridized carbons (Fsp3) is 0.200. The number of hydrogen-bond donors (Lipinski definition) is 2. The number of aliphatic hydroxyl groups excluding tert-OH is 1. The van der Waals surface area contributed by atoms with Crippen LogP contribution in [-0.2, 0) is 10.0 Å². The van der Waals surface area contributed by atoms with Gasteiger partial charge in [-0.2, -0.15) is 0 Å². The quantitative estimate of drug-likeness (QED) is 0.890. The van der Waals surface area contributed by atoms with Gasteiger partial charge in [0.05, 0.1) is 6.10 Å². The third-order valence-corrected chi connectivity index (χ3v) is 4.67. The molecule has 0 aliphatic carbocycles. The van der Waals surface area contributed by atoms with E-state index in [1.807, 2.05) is 0 Å². The average molecular weight is 309 g/mol. The van der Waals surface area contributed by atoms with Crippen LogP contribution in [0.1, 0.15) is 18.6 Å². The molecule has 0 aliphatic heterocycles. The molecule has 0 fully saturated rings. The number of hydrogen-bond acceptors (Lipinski definition) is 3. The Bertz CT molecular complexity index is 704. The monoisotopic (exact) mass is 309 g/mol. The third-order valence-electron chi connectivity index (χ3n) is 3.08. The minimum Gasteiger partial charge on any atom is -0.387 e. The summed E-state index contributed by atoms with van der Waals surface area (Å²) in [6, 6.07) is 13.0. The van der Waals surface area contributed by atoms with E-state index in [0.29, 0.717) is 5.56 Å². The van der Waals surface area contributed by atoms with Gasteiger partial charge < -0.3 is 5.11 Å². The lowest BCUT2D eigenvalue weighted by atomic mass is 10.0. The van der Waals surface area contributed by atoms with Crippen LogP contribution in [0.5, 0.6) is 0 Å². The molecular weight excluding hydrogens is 293 g/mol. The number of aliphatic hydroxyl groups is 1. The minimum absolute atomic E-state index is 0.433. The van der Waals surface area contributed by atoms with Crippen molar-refractivity contribution in [2.24, 2.45) is 0 Å². The van der Waals surface area contributed by atoms with Crippen LogP contribution in [0.25, 0.3) is 0 Å². The second kappa shape index (κ2) is 6.34. The molecule has 0 saturated carbocycles. The van der Waals surface area contributed by atoms with E-state index in [-0.39, 0.29) is 0 Å².